The summed E-state index contributed by atoms with van der Waals surface area (Å²) in [7, 11) is 3.16. The summed E-state index contributed by atoms with van der Waals surface area (Å²) in [6.07, 6.45) is -2.77. The second-order valence-electron chi connectivity index (χ2n) is 7.92. The van der Waals surface area contributed by atoms with Gasteiger partial charge in [-0.05, 0) is 43.7 Å². The van der Waals surface area contributed by atoms with Gasteiger partial charge in [0.1, 0.15) is 17.3 Å². The molecular weight excluding hydrogens is 437 g/mol. The number of carbonyl (C=O) groups excluding carboxylic acids is 1. The van der Waals surface area contributed by atoms with E-state index in [4.69, 9.17) is 9.47 Å². The van der Waals surface area contributed by atoms with Crippen molar-refractivity contribution in [3.8, 4) is 11.5 Å². The summed E-state index contributed by atoms with van der Waals surface area (Å²) in [5.41, 5.74) is 0.0572. The molecule has 0 saturated carbocycles. The van der Waals surface area contributed by atoms with Gasteiger partial charge in [-0.25, -0.2) is 4.98 Å². The van der Waals surface area contributed by atoms with E-state index in [0.717, 1.165) is 24.2 Å². The molecule has 33 heavy (non-hydrogen) atoms. The molecule has 0 spiro atoms. The Labute approximate surface area is 191 Å². The minimum absolute atomic E-state index is 0.117. The van der Waals surface area contributed by atoms with Crippen LogP contribution in [0.15, 0.2) is 36.5 Å². The van der Waals surface area contributed by atoms with E-state index in [1.54, 1.807) is 26.4 Å². The van der Waals surface area contributed by atoms with Gasteiger partial charge in [-0.1, -0.05) is 0 Å². The van der Waals surface area contributed by atoms with Crippen LogP contribution in [0.2, 0.25) is 0 Å². The number of nitrogens with one attached hydrogen (secondary N) is 1. The quantitative estimate of drug-likeness (QED) is 0.674. The molecule has 2 heterocycles. The molecule has 1 aliphatic heterocycles. The van der Waals surface area contributed by atoms with Gasteiger partial charge in [-0.3, -0.25) is 9.69 Å². The standard InChI is InChI=1S/C23H29F3N4O3/c1-16(19-13-18(32-2)6-7-20(19)33-3)28-22(31)15-29-9-4-10-30(12-11-29)21-8-5-17(14-27-21)23(24,25)26/h5-8,13-14,16H,4,9-12,15H2,1-3H3,(H,28,31)/t16-/m1/s1. The Morgan fingerprint density at radius 1 is 1.12 bits per heavy atom. The number of hydrogen-bond acceptors (Lipinski definition) is 6. The molecule has 3 rings (SSSR count). The fourth-order valence-electron chi connectivity index (χ4n) is 3.84. The minimum atomic E-state index is -4.40. The lowest BCUT2D eigenvalue weighted by molar-refractivity contribution is -0.137. The monoisotopic (exact) mass is 466 g/mol. The third-order valence-corrected chi connectivity index (χ3v) is 5.64. The van der Waals surface area contributed by atoms with Crippen molar-refractivity contribution >= 4 is 11.7 Å². The average Bonchev–Trinajstić information content (AvgIpc) is 3.03. The summed E-state index contributed by atoms with van der Waals surface area (Å²) in [5.74, 6) is 1.73. The zero-order valence-electron chi connectivity index (χ0n) is 19.0. The van der Waals surface area contributed by atoms with Crippen LogP contribution >= 0.6 is 0 Å². The molecule has 1 saturated heterocycles. The Bertz CT molecular complexity index is 938. The van der Waals surface area contributed by atoms with Crippen molar-refractivity contribution in [2.75, 3.05) is 51.8 Å². The van der Waals surface area contributed by atoms with Crippen molar-refractivity contribution < 1.29 is 27.4 Å². The Morgan fingerprint density at radius 3 is 2.55 bits per heavy atom. The van der Waals surface area contributed by atoms with Gasteiger partial charge >= 0.3 is 6.18 Å². The van der Waals surface area contributed by atoms with Crippen LogP contribution in [0.4, 0.5) is 19.0 Å². The Balaban J connectivity index is 1.55. The number of halogens is 3. The van der Waals surface area contributed by atoms with E-state index >= 15 is 0 Å². The maximum Gasteiger partial charge on any atom is 0.417 e. The average molecular weight is 467 g/mol. The normalized spacial score (nSPS) is 16.1. The smallest absolute Gasteiger partial charge is 0.417 e. The maximum atomic E-state index is 12.8. The van der Waals surface area contributed by atoms with E-state index in [1.165, 1.54) is 6.07 Å². The van der Waals surface area contributed by atoms with Crippen LogP contribution in [0.1, 0.15) is 30.5 Å². The number of hydrogen-bond donors (Lipinski definition) is 1. The predicted molar refractivity (Wildman–Crippen MR) is 119 cm³/mol. The van der Waals surface area contributed by atoms with Gasteiger partial charge in [-0.2, -0.15) is 13.2 Å². The van der Waals surface area contributed by atoms with Gasteiger partial charge in [0.05, 0.1) is 32.4 Å². The second-order valence-corrected chi connectivity index (χ2v) is 7.92. The molecule has 0 radical (unpaired) electrons. The molecule has 1 N–H and O–H groups in total. The molecule has 10 heteroatoms. The number of pyridine rings is 1. The molecule has 0 bridgehead atoms. The third-order valence-electron chi connectivity index (χ3n) is 5.64. The topological polar surface area (TPSA) is 66.9 Å². The zero-order chi connectivity index (χ0) is 24.0. The van der Waals surface area contributed by atoms with Gasteiger partial charge < -0.3 is 19.7 Å². The van der Waals surface area contributed by atoms with Crippen molar-refractivity contribution in [3.05, 3.63) is 47.7 Å². The number of amides is 1. The highest BCUT2D eigenvalue weighted by molar-refractivity contribution is 5.78. The van der Waals surface area contributed by atoms with Crippen molar-refractivity contribution in [1.29, 1.82) is 0 Å². The van der Waals surface area contributed by atoms with Crippen LogP contribution in [0.3, 0.4) is 0 Å². The predicted octanol–water partition coefficient (Wildman–Crippen LogP) is 3.51. The number of aromatic nitrogens is 1. The molecule has 0 unspecified atom stereocenters. The summed E-state index contributed by atoms with van der Waals surface area (Å²) in [5, 5.41) is 3.00. The Hall–Kier alpha value is -3.01. The summed E-state index contributed by atoms with van der Waals surface area (Å²) in [6, 6.07) is 7.61. The molecule has 1 aliphatic rings. The molecule has 1 aromatic carbocycles. The van der Waals surface area contributed by atoms with E-state index in [-0.39, 0.29) is 18.5 Å². The van der Waals surface area contributed by atoms with Crippen LogP contribution in [-0.4, -0.2) is 62.7 Å². The fraction of sp³-hybridized carbons (Fsp3) is 0.478. The Morgan fingerprint density at radius 2 is 1.91 bits per heavy atom. The van der Waals surface area contributed by atoms with E-state index in [9.17, 15) is 18.0 Å². The number of alkyl halides is 3. The number of methoxy groups -OCH3 is 2. The molecule has 1 atom stereocenters. The van der Waals surface area contributed by atoms with E-state index in [0.29, 0.717) is 43.5 Å². The lowest BCUT2D eigenvalue weighted by Crippen LogP contribution is -2.40. The number of carbonyl (C=O) groups is 1. The second kappa shape index (κ2) is 10.7. The highest BCUT2D eigenvalue weighted by Gasteiger charge is 2.31. The van der Waals surface area contributed by atoms with Crippen molar-refractivity contribution in [2.24, 2.45) is 0 Å². The van der Waals surface area contributed by atoms with Crippen molar-refractivity contribution in [2.45, 2.75) is 25.6 Å². The van der Waals surface area contributed by atoms with Crippen LogP contribution in [0.25, 0.3) is 0 Å². The summed E-state index contributed by atoms with van der Waals surface area (Å²) < 4.78 is 49.0. The number of anilines is 1. The third kappa shape index (κ3) is 6.50. The first-order valence-corrected chi connectivity index (χ1v) is 10.7. The van der Waals surface area contributed by atoms with Crippen molar-refractivity contribution in [1.82, 2.24) is 15.2 Å². The van der Waals surface area contributed by atoms with Crippen LogP contribution in [-0.2, 0) is 11.0 Å². The highest BCUT2D eigenvalue weighted by Crippen LogP contribution is 2.30. The van der Waals surface area contributed by atoms with E-state index in [1.807, 2.05) is 22.8 Å². The lowest BCUT2D eigenvalue weighted by Gasteiger charge is -2.24. The van der Waals surface area contributed by atoms with E-state index < -0.39 is 11.7 Å². The highest BCUT2D eigenvalue weighted by atomic mass is 19.4. The molecule has 1 aromatic heterocycles. The van der Waals surface area contributed by atoms with Gasteiger partial charge in [0.15, 0.2) is 0 Å². The van der Waals surface area contributed by atoms with E-state index in [2.05, 4.69) is 10.3 Å². The minimum Gasteiger partial charge on any atom is -0.497 e. The van der Waals surface area contributed by atoms with Gasteiger partial charge in [0, 0.05) is 37.9 Å². The largest absolute Gasteiger partial charge is 0.497 e. The number of ether oxygens (including phenoxy) is 2. The number of benzene rings is 1. The molecule has 1 fully saturated rings. The molecule has 2 aromatic rings. The SMILES string of the molecule is COc1ccc(OC)c([C@@H](C)NC(=O)CN2CCCN(c3ccc(C(F)(F)F)cn3)CC2)c1. The van der Waals surface area contributed by atoms with Crippen LogP contribution in [0.5, 0.6) is 11.5 Å². The van der Waals surface area contributed by atoms with Crippen LogP contribution in [0, 0.1) is 0 Å². The molecule has 180 valence electrons. The summed E-state index contributed by atoms with van der Waals surface area (Å²) in [4.78, 5) is 20.7. The Kier molecular flexibility index (Phi) is 8.01. The number of rotatable bonds is 7. The first-order valence-electron chi connectivity index (χ1n) is 10.7. The van der Waals surface area contributed by atoms with Gasteiger partial charge in [0.2, 0.25) is 5.91 Å². The number of nitrogens with zero attached hydrogens (tertiary/aromatic N) is 3. The van der Waals surface area contributed by atoms with Crippen LogP contribution < -0.4 is 19.7 Å². The maximum absolute atomic E-state index is 12.8. The summed E-state index contributed by atoms with van der Waals surface area (Å²) >= 11 is 0. The van der Waals surface area contributed by atoms with Gasteiger partial charge in [-0.15, -0.1) is 0 Å². The lowest BCUT2D eigenvalue weighted by atomic mass is 10.1. The molecule has 0 aliphatic carbocycles. The fourth-order valence-corrected chi connectivity index (χ4v) is 3.84. The van der Waals surface area contributed by atoms with Gasteiger partial charge in [0.25, 0.3) is 0 Å². The molecule has 1 amide bonds. The summed E-state index contributed by atoms with van der Waals surface area (Å²) in [6.45, 7) is 4.66. The molecular formula is C23H29F3N4O3. The first kappa shape index (κ1) is 24.6. The first-order chi connectivity index (χ1) is 15.7. The molecule has 7 nitrogen and oxygen atoms in total. The van der Waals surface area contributed by atoms with Crippen molar-refractivity contribution in [3.63, 3.8) is 0 Å². The zero-order valence-corrected chi connectivity index (χ0v) is 19.0.